The van der Waals surface area contributed by atoms with Crippen LogP contribution in [0.1, 0.15) is 11.1 Å². The first-order valence-corrected chi connectivity index (χ1v) is 9.07. The Morgan fingerprint density at radius 3 is 2.26 bits per heavy atom. The van der Waals surface area contributed by atoms with Crippen LogP contribution in [0.15, 0.2) is 75.0 Å². The molecule has 2 aromatic carbocycles. The maximum absolute atomic E-state index is 12.5. The summed E-state index contributed by atoms with van der Waals surface area (Å²) < 4.78 is 25.6. The van der Waals surface area contributed by atoms with Gasteiger partial charge in [0.2, 0.25) is 9.84 Å². The highest BCUT2D eigenvalue weighted by Crippen LogP contribution is 2.23. The Labute approximate surface area is 144 Å². The number of benzene rings is 2. The minimum Gasteiger partial charge on any atom is -0.218 e. The van der Waals surface area contributed by atoms with Crippen LogP contribution in [0, 0.1) is 18.3 Å². The van der Waals surface area contributed by atoms with Gasteiger partial charge in [-0.05, 0) is 36.8 Å². The molecule has 0 unspecified atom stereocenters. The molecule has 0 aliphatic rings. The zero-order chi connectivity index (χ0) is 16.9. The van der Waals surface area contributed by atoms with Crippen molar-refractivity contribution >= 4 is 31.8 Å². The van der Waals surface area contributed by atoms with E-state index in [1.807, 2.05) is 37.3 Å². The Balaban J connectivity index is 2.40. The van der Waals surface area contributed by atoms with Gasteiger partial charge in [-0.1, -0.05) is 64.0 Å². The zero-order valence-corrected chi connectivity index (χ0v) is 14.8. The normalized spacial score (nSPS) is 12.7. The summed E-state index contributed by atoms with van der Waals surface area (Å²) >= 11 is 3.30. The zero-order valence-electron chi connectivity index (χ0n) is 12.4. The molecule has 0 spiro atoms. The lowest BCUT2D eigenvalue weighted by atomic mass is 10.2. The van der Waals surface area contributed by atoms with Crippen molar-refractivity contribution in [3.63, 3.8) is 0 Å². The lowest BCUT2D eigenvalue weighted by Gasteiger charge is -2.03. The van der Waals surface area contributed by atoms with Gasteiger partial charge in [0.05, 0.1) is 4.90 Å². The van der Waals surface area contributed by atoms with Crippen molar-refractivity contribution in [2.24, 2.45) is 0 Å². The van der Waals surface area contributed by atoms with Crippen LogP contribution in [-0.4, -0.2) is 8.42 Å². The van der Waals surface area contributed by atoms with E-state index in [1.54, 1.807) is 24.3 Å². The van der Waals surface area contributed by atoms with Crippen molar-refractivity contribution in [2.45, 2.75) is 11.8 Å². The standard InChI is InChI=1S/C18H14BrNO2S/c1-14-7-9-17(10-8-14)23(21,22)18(13-20)12-16(19)11-15-5-3-2-4-6-15/h2-12H,1H3/b16-11-,18-12+. The number of hydrogen-bond donors (Lipinski definition) is 0. The summed E-state index contributed by atoms with van der Waals surface area (Å²) in [7, 11) is -3.83. The Bertz CT molecular complexity index is 890. The van der Waals surface area contributed by atoms with E-state index in [1.165, 1.54) is 18.2 Å². The minimum absolute atomic E-state index is 0.107. The number of hydrogen-bond acceptors (Lipinski definition) is 3. The van der Waals surface area contributed by atoms with Crippen molar-refractivity contribution in [1.82, 2.24) is 0 Å². The molecular formula is C18H14BrNO2S. The molecule has 116 valence electrons. The third kappa shape index (κ3) is 4.41. The molecule has 2 rings (SSSR count). The SMILES string of the molecule is Cc1ccc(S(=O)(=O)/C(C#N)=C/C(Br)=C/c2ccccc2)cc1. The second kappa shape index (κ2) is 7.40. The number of aryl methyl sites for hydroxylation is 1. The predicted molar refractivity (Wildman–Crippen MR) is 95.4 cm³/mol. The molecule has 5 heteroatoms. The van der Waals surface area contributed by atoms with Gasteiger partial charge in [0.25, 0.3) is 0 Å². The summed E-state index contributed by atoms with van der Waals surface area (Å²) in [4.78, 5) is -0.198. The molecule has 0 radical (unpaired) electrons. The number of nitrogens with zero attached hydrogens (tertiary/aromatic N) is 1. The van der Waals surface area contributed by atoms with Crippen LogP contribution >= 0.6 is 15.9 Å². The molecule has 0 bridgehead atoms. The van der Waals surface area contributed by atoms with E-state index in [9.17, 15) is 13.7 Å². The van der Waals surface area contributed by atoms with E-state index in [0.717, 1.165) is 11.1 Å². The molecule has 0 amide bonds. The highest BCUT2D eigenvalue weighted by Gasteiger charge is 2.20. The highest BCUT2D eigenvalue weighted by atomic mass is 79.9. The van der Waals surface area contributed by atoms with Crippen molar-refractivity contribution in [1.29, 1.82) is 5.26 Å². The molecule has 0 atom stereocenters. The van der Waals surface area contributed by atoms with Crippen LogP contribution < -0.4 is 0 Å². The lowest BCUT2D eigenvalue weighted by Crippen LogP contribution is -2.03. The minimum atomic E-state index is -3.83. The summed E-state index contributed by atoms with van der Waals surface area (Å²) in [6.45, 7) is 1.87. The topological polar surface area (TPSA) is 57.9 Å². The summed E-state index contributed by atoms with van der Waals surface area (Å²) in [5, 5.41) is 9.25. The third-order valence-corrected chi connectivity index (χ3v) is 5.24. The van der Waals surface area contributed by atoms with E-state index in [-0.39, 0.29) is 9.80 Å². The van der Waals surface area contributed by atoms with Gasteiger partial charge in [0, 0.05) is 4.48 Å². The first-order valence-electron chi connectivity index (χ1n) is 6.79. The largest absolute Gasteiger partial charge is 0.218 e. The van der Waals surface area contributed by atoms with E-state index < -0.39 is 9.84 Å². The van der Waals surface area contributed by atoms with Crippen LogP contribution in [0.25, 0.3) is 6.08 Å². The quantitative estimate of drug-likeness (QED) is 0.568. The molecule has 0 aliphatic carbocycles. The van der Waals surface area contributed by atoms with Gasteiger partial charge in [0.1, 0.15) is 11.0 Å². The van der Waals surface area contributed by atoms with Gasteiger partial charge in [-0.15, -0.1) is 0 Å². The average Bonchev–Trinajstić information content (AvgIpc) is 2.53. The number of allylic oxidation sites excluding steroid dienone is 3. The maximum atomic E-state index is 12.5. The Hall–Kier alpha value is -2.16. The average molecular weight is 388 g/mol. The van der Waals surface area contributed by atoms with Gasteiger partial charge < -0.3 is 0 Å². The molecule has 0 aromatic heterocycles. The second-order valence-electron chi connectivity index (χ2n) is 4.88. The van der Waals surface area contributed by atoms with Gasteiger partial charge in [-0.2, -0.15) is 5.26 Å². The van der Waals surface area contributed by atoms with Crippen LogP contribution in [0.3, 0.4) is 0 Å². The molecule has 3 nitrogen and oxygen atoms in total. The van der Waals surface area contributed by atoms with Gasteiger partial charge in [-0.25, -0.2) is 8.42 Å². The number of nitriles is 1. The van der Waals surface area contributed by atoms with E-state index in [4.69, 9.17) is 0 Å². The summed E-state index contributed by atoms with van der Waals surface area (Å²) in [5.74, 6) is 0. The van der Waals surface area contributed by atoms with Crippen molar-refractivity contribution in [3.05, 3.63) is 81.2 Å². The Kier molecular flexibility index (Phi) is 5.54. The molecule has 23 heavy (non-hydrogen) atoms. The highest BCUT2D eigenvalue weighted by molar-refractivity contribution is 9.12. The fourth-order valence-electron chi connectivity index (χ4n) is 1.89. The number of rotatable bonds is 4. The molecule has 0 N–H and O–H groups in total. The summed E-state index contributed by atoms with van der Waals surface area (Å²) in [6.07, 6.45) is 3.07. The van der Waals surface area contributed by atoms with Gasteiger partial charge >= 0.3 is 0 Å². The monoisotopic (exact) mass is 387 g/mol. The van der Waals surface area contributed by atoms with E-state index in [2.05, 4.69) is 15.9 Å². The molecule has 0 fully saturated rings. The van der Waals surface area contributed by atoms with Crippen molar-refractivity contribution in [3.8, 4) is 6.07 Å². The predicted octanol–water partition coefficient (Wildman–Crippen LogP) is 4.61. The smallest absolute Gasteiger partial charge is 0.216 e. The Morgan fingerprint density at radius 1 is 1.09 bits per heavy atom. The van der Waals surface area contributed by atoms with Gasteiger partial charge in [-0.3, -0.25) is 0 Å². The summed E-state index contributed by atoms with van der Waals surface area (Å²) in [5.41, 5.74) is 1.86. The van der Waals surface area contributed by atoms with E-state index in [0.29, 0.717) is 4.48 Å². The van der Waals surface area contributed by atoms with Crippen LogP contribution in [-0.2, 0) is 9.84 Å². The van der Waals surface area contributed by atoms with Crippen LogP contribution in [0.4, 0.5) is 0 Å². The lowest BCUT2D eigenvalue weighted by molar-refractivity contribution is 0.603. The van der Waals surface area contributed by atoms with E-state index >= 15 is 0 Å². The third-order valence-electron chi connectivity index (χ3n) is 3.10. The van der Waals surface area contributed by atoms with Crippen molar-refractivity contribution < 1.29 is 8.42 Å². The second-order valence-corrected chi connectivity index (χ2v) is 7.71. The molecular weight excluding hydrogens is 374 g/mol. The number of sulfone groups is 1. The Morgan fingerprint density at radius 2 is 1.70 bits per heavy atom. The first kappa shape index (κ1) is 17.2. The maximum Gasteiger partial charge on any atom is 0.216 e. The molecule has 0 heterocycles. The molecule has 0 saturated carbocycles. The van der Waals surface area contributed by atoms with Crippen molar-refractivity contribution in [2.75, 3.05) is 0 Å². The van der Waals surface area contributed by atoms with Crippen LogP contribution in [0.2, 0.25) is 0 Å². The molecule has 2 aromatic rings. The van der Waals surface area contributed by atoms with Gasteiger partial charge in [0.15, 0.2) is 0 Å². The molecule has 0 saturated heterocycles. The van der Waals surface area contributed by atoms with Crippen LogP contribution in [0.5, 0.6) is 0 Å². The number of halogens is 1. The fraction of sp³-hybridized carbons (Fsp3) is 0.0556. The molecule has 0 aliphatic heterocycles. The summed E-state index contributed by atoms with van der Waals surface area (Å²) in [6, 6.07) is 17.6. The first-order chi connectivity index (χ1) is 10.9. The fourth-order valence-corrected chi connectivity index (χ4v) is 3.69.